The molecule has 4 nitrogen and oxygen atoms in total. The van der Waals surface area contributed by atoms with Crippen LogP contribution >= 0.6 is 0 Å². The van der Waals surface area contributed by atoms with Gasteiger partial charge in [0.1, 0.15) is 5.82 Å². The normalized spacial score (nSPS) is 15.3. The largest absolute Gasteiger partial charge is 0.772 e. The molecule has 0 spiro atoms. The van der Waals surface area contributed by atoms with Crippen LogP contribution in [0.25, 0.3) is 0 Å². The molecule has 2 atom stereocenters. The average molecular weight is 203 g/mol. The number of aromatic nitrogens is 2. The van der Waals surface area contributed by atoms with E-state index in [9.17, 15) is 13.2 Å². The van der Waals surface area contributed by atoms with E-state index in [2.05, 4.69) is 9.97 Å². The first-order chi connectivity index (χ1) is 6.09. The van der Waals surface area contributed by atoms with Crippen LogP contribution in [0.1, 0.15) is 12.7 Å². The van der Waals surface area contributed by atoms with Crippen LogP contribution < -0.4 is 0 Å². The lowest BCUT2D eigenvalue weighted by atomic mass is 10.3. The lowest BCUT2D eigenvalue weighted by molar-refractivity contribution is 0.522. The SMILES string of the molecule is C[C@H](Cc1ncc(F)cn1)S(=O)[O-]. The summed E-state index contributed by atoms with van der Waals surface area (Å²) in [5, 5.41) is -0.550. The second kappa shape index (κ2) is 4.38. The highest BCUT2D eigenvalue weighted by Crippen LogP contribution is 2.01. The summed E-state index contributed by atoms with van der Waals surface area (Å²) in [4.78, 5) is 7.28. The molecule has 1 unspecified atom stereocenters. The van der Waals surface area contributed by atoms with Gasteiger partial charge < -0.3 is 4.55 Å². The summed E-state index contributed by atoms with van der Waals surface area (Å²) < 4.78 is 33.2. The molecule has 1 heterocycles. The molecular weight excluding hydrogens is 195 g/mol. The molecule has 0 saturated carbocycles. The first-order valence-electron chi connectivity index (χ1n) is 3.64. The summed E-state index contributed by atoms with van der Waals surface area (Å²) in [6.45, 7) is 1.54. The quantitative estimate of drug-likeness (QED) is 0.668. The molecule has 0 bridgehead atoms. The second-order valence-corrected chi connectivity index (χ2v) is 3.92. The minimum absolute atomic E-state index is 0.205. The molecule has 0 N–H and O–H groups in total. The van der Waals surface area contributed by atoms with Gasteiger partial charge in [0, 0.05) is 11.7 Å². The fourth-order valence-electron chi connectivity index (χ4n) is 0.770. The molecule has 0 saturated heterocycles. The van der Waals surface area contributed by atoms with E-state index >= 15 is 0 Å². The fraction of sp³-hybridized carbons (Fsp3) is 0.429. The topological polar surface area (TPSA) is 65.9 Å². The number of hydrogen-bond acceptors (Lipinski definition) is 4. The van der Waals surface area contributed by atoms with E-state index in [-0.39, 0.29) is 6.42 Å². The van der Waals surface area contributed by atoms with Crippen molar-refractivity contribution < 1.29 is 13.2 Å². The number of rotatable bonds is 3. The summed E-state index contributed by atoms with van der Waals surface area (Å²) >= 11 is -2.14. The van der Waals surface area contributed by atoms with E-state index in [0.29, 0.717) is 5.82 Å². The van der Waals surface area contributed by atoms with Crippen LogP contribution in [-0.2, 0) is 17.5 Å². The van der Waals surface area contributed by atoms with E-state index in [1.54, 1.807) is 0 Å². The Kier molecular flexibility index (Phi) is 3.44. The number of hydrogen-bond donors (Lipinski definition) is 0. The number of nitrogens with zero attached hydrogens (tertiary/aromatic N) is 2. The predicted octanol–water partition coefficient (Wildman–Crippen LogP) is 0.426. The van der Waals surface area contributed by atoms with Gasteiger partial charge in [-0.15, -0.1) is 0 Å². The molecule has 0 aliphatic carbocycles. The molecule has 6 heteroatoms. The Morgan fingerprint density at radius 1 is 1.62 bits per heavy atom. The summed E-state index contributed by atoms with van der Waals surface area (Å²) in [5.74, 6) is -0.197. The van der Waals surface area contributed by atoms with Gasteiger partial charge in [-0.2, -0.15) is 0 Å². The van der Waals surface area contributed by atoms with Crippen molar-refractivity contribution in [1.82, 2.24) is 9.97 Å². The Morgan fingerprint density at radius 2 is 2.15 bits per heavy atom. The van der Waals surface area contributed by atoms with Gasteiger partial charge >= 0.3 is 0 Å². The molecule has 0 radical (unpaired) electrons. The van der Waals surface area contributed by atoms with Crippen molar-refractivity contribution in [3.63, 3.8) is 0 Å². The highest BCUT2D eigenvalue weighted by molar-refractivity contribution is 7.79. The maximum Gasteiger partial charge on any atom is 0.159 e. The first-order valence-corrected chi connectivity index (χ1v) is 4.78. The third-order valence-electron chi connectivity index (χ3n) is 1.47. The van der Waals surface area contributed by atoms with E-state index in [0.717, 1.165) is 12.4 Å². The van der Waals surface area contributed by atoms with Gasteiger partial charge in [0.25, 0.3) is 0 Å². The Bertz CT molecular complexity index is 304. The number of halogens is 1. The zero-order valence-corrected chi connectivity index (χ0v) is 7.75. The van der Waals surface area contributed by atoms with Crippen LogP contribution in [0.3, 0.4) is 0 Å². The summed E-state index contributed by atoms with van der Waals surface area (Å²) in [5.41, 5.74) is 0. The van der Waals surface area contributed by atoms with Crippen LogP contribution in [0, 0.1) is 5.82 Å². The Labute approximate surface area is 77.5 Å². The van der Waals surface area contributed by atoms with Gasteiger partial charge in [-0.25, -0.2) is 14.4 Å². The molecule has 0 aromatic carbocycles. The molecule has 0 fully saturated rings. The van der Waals surface area contributed by atoms with Crippen molar-refractivity contribution in [2.75, 3.05) is 0 Å². The highest BCUT2D eigenvalue weighted by atomic mass is 32.2. The monoisotopic (exact) mass is 203 g/mol. The van der Waals surface area contributed by atoms with Gasteiger partial charge in [-0.05, 0) is 0 Å². The zero-order valence-electron chi connectivity index (χ0n) is 6.94. The molecule has 0 aliphatic heterocycles. The molecule has 1 rings (SSSR count). The van der Waals surface area contributed by atoms with E-state index in [4.69, 9.17) is 0 Å². The summed E-state index contributed by atoms with van der Waals surface area (Å²) in [7, 11) is 0. The molecule has 13 heavy (non-hydrogen) atoms. The molecule has 0 aliphatic rings. The summed E-state index contributed by atoms with van der Waals surface area (Å²) in [6.07, 6.45) is 2.24. The third kappa shape index (κ3) is 3.16. The van der Waals surface area contributed by atoms with E-state index in [1.807, 2.05) is 0 Å². The van der Waals surface area contributed by atoms with Crippen LogP contribution in [0.2, 0.25) is 0 Å². The second-order valence-electron chi connectivity index (χ2n) is 2.59. The maximum atomic E-state index is 12.3. The van der Waals surface area contributed by atoms with Crippen LogP contribution in [0.4, 0.5) is 4.39 Å². The van der Waals surface area contributed by atoms with Crippen molar-refractivity contribution in [3.05, 3.63) is 24.0 Å². The van der Waals surface area contributed by atoms with Crippen molar-refractivity contribution in [1.29, 1.82) is 0 Å². The van der Waals surface area contributed by atoms with Gasteiger partial charge in [0.05, 0.1) is 12.4 Å². The smallest absolute Gasteiger partial charge is 0.159 e. The van der Waals surface area contributed by atoms with Crippen molar-refractivity contribution >= 4 is 11.1 Å². The first kappa shape index (κ1) is 10.2. The van der Waals surface area contributed by atoms with Crippen LogP contribution in [0.5, 0.6) is 0 Å². The van der Waals surface area contributed by atoms with E-state index < -0.39 is 22.1 Å². The molecule has 1 aromatic rings. The predicted molar refractivity (Wildman–Crippen MR) is 44.1 cm³/mol. The van der Waals surface area contributed by atoms with Gasteiger partial charge in [-0.1, -0.05) is 18.0 Å². The summed E-state index contributed by atoms with van der Waals surface area (Å²) in [6, 6.07) is 0. The highest BCUT2D eigenvalue weighted by Gasteiger charge is 2.05. The lowest BCUT2D eigenvalue weighted by Gasteiger charge is -2.12. The zero-order chi connectivity index (χ0) is 9.84. The Balaban J connectivity index is 2.64. The minimum Gasteiger partial charge on any atom is -0.772 e. The van der Waals surface area contributed by atoms with Crippen molar-refractivity contribution in [2.45, 2.75) is 18.6 Å². The average Bonchev–Trinajstić information content (AvgIpc) is 2.08. The van der Waals surface area contributed by atoms with Crippen molar-refractivity contribution in [3.8, 4) is 0 Å². The van der Waals surface area contributed by atoms with Crippen LogP contribution in [-0.4, -0.2) is 24.0 Å². The standard InChI is InChI=1S/C7H9FN2O2S/c1-5(13(11)12)2-7-9-3-6(8)4-10-7/h3-5H,2H2,1H3,(H,11,12)/p-1/t5-/m1/s1. The lowest BCUT2D eigenvalue weighted by Crippen LogP contribution is -2.15. The maximum absolute atomic E-state index is 12.3. The van der Waals surface area contributed by atoms with Crippen LogP contribution in [0.15, 0.2) is 12.4 Å². The molecule has 0 amide bonds. The molecular formula is C7H8FN2O2S-. The van der Waals surface area contributed by atoms with Gasteiger partial charge in [0.15, 0.2) is 5.82 Å². The van der Waals surface area contributed by atoms with Gasteiger partial charge in [0.2, 0.25) is 0 Å². The van der Waals surface area contributed by atoms with Crippen molar-refractivity contribution in [2.24, 2.45) is 0 Å². The van der Waals surface area contributed by atoms with Gasteiger partial charge in [-0.3, -0.25) is 4.21 Å². The third-order valence-corrected chi connectivity index (χ3v) is 2.30. The van der Waals surface area contributed by atoms with E-state index in [1.165, 1.54) is 6.92 Å². The Hall–Kier alpha value is -0.880. The Morgan fingerprint density at radius 3 is 2.62 bits per heavy atom. The minimum atomic E-state index is -2.14. The fourth-order valence-corrected chi connectivity index (χ4v) is 1.05. The molecule has 1 aromatic heterocycles. The molecule has 72 valence electrons.